The molecule has 1 aliphatic heterocycles. The predicted octanol–water partition coefficient (Wildman–Crippen LogP) is 2.83. The van der Waals surface area contributed by atoms with Crippen LogP contribution in [0.1, 0.15) is 45.4 Å². The monoisotopic (exact) mass is 247 g/mol. The molecule has 0 atom stereocenters. The lowest BCUT2D eigenvalue weighted by Gasteiger charge is -2.30. The fourth-order valence-corrected chi connectivity index (χ4v) is 2.70. The van der Waals surface area contributed by atoms with Crippen LogP contribution in [-0.2, 0) is 9.59 Å². The van der Waals surface area contributed by atoms with Gasteiger partial charge in [-0.3, -0.25) is 14.5 Å². The van der Waals surface area contributed by atoms with Gasteiger partial charge in [-0.25, -0.2) is 0 Å². The molecule has 3 heteroatoms. The van der Waals surface area contributed by atoms with Gasteiger partial charge in [-0.05, 0) is 30.8 Å². The predicted molar refractivity (Wildman–Crippen MR) is 70.8 cm³/mol. The summed E-state index contributed by atoms with van der Waals surface area (Å²) in [6, 6.07) is 0. The number of allylic oxidation sites excluding steroid dienone is 1. The van der Waals surface area contributed by atoms with Gasteiger partial charge in [-0.1, -0.05) is 38.3 Å². The van der Waals surface area contributed by atoms with Crippen LogP contribution in [0.4, 0.5) is 0 Å². The minimum absolute atomic E-state index is 0.141. The first-order valence-electron chi connectivity index (χ1n) is 6.82. The highest BCUT2D eigenvalue weighted by molar-refractivity contribution is 6.05. The van der Waals surface area contributed by atoms with Crippen molar-refractivity contribution in [2.75, 3.05) is 6.54 Å². The van der Waals surface area contributed by atoms with Gasteiger partial charge in [0.2, 0.25) is 0 Å². The third-order valence-electron chi connectivity index (χ3n) is 3.94. The largest absolute Gasteiger partial charge is 0.275 e. The van der Waals surface area contributed by atoms with Gasteiger partial charge in [0.1, 0.15) is 0 Å². The summed E-state index contributed by atoms with van der Waals surface area (Å²) < 4.78 is 0. The van der Waals surface area contributed by atoms with E-state index in [-0.39, 0.29) is 17.2 Å². The zero-order chi connectivity index (χ0) is 13.0. The highest BCUT2D eigenvalue weighted by Crippen LogP contribution is 2.36. The maximum Gasteiger partial charge on any atom is 0.253 e. The number of hydrogen-bond acceptors (Lipinski definition) is 2. The SMILES string of the molecule is CC1(/C=C/C(=O)N2CCC=CC2=O)CCCCC1. The molecule has 2 aliphatic rings. The number of carbonyl (C=O) groups is 2. The first-order chi connectivity index (χ1) is 8.61. The molecule has 1 fully saturated rings. The number of amides is 2. The van der Waals surface area contributed by atoms with Crippen LogP contribution in [0.3, 0.4) is 0 Å². The maximum absolute atomic E-state index is 12.0. The summed E-state index contributed by atoms with van der Waals surface area (Å²) in [5.74, 6) is -0.360. The first-order valence-corrected chi connectivity index (χ1v) is 6.82. The number of hydrogen-bond donors (Lipinski definition) is 0. The molecule has 98 valence electrons. The third kappa shape index (κ3) is 3.09. The smallest absolute Gasteiger partial charge is 0.253 e. The molecular weight excluding hydrogens is 226 g/mol. The first kappa shape index (κ1) is 13.1. The van der Waals surface area contributed by atoms with Crippen LogP contribution in [0.15, 0.2) is 24.3 Å². The van der Waals surface area contributed by atoms with Crippen molar-refractivity contribution in [2.24, 2.45) is 5.41 Å². The molecule has 0 saturated heterocycles. The molecule has 0 aromatic heterocycles. The lowest BCUT2D eigenvalue weighted by atomic mass is 9.75. The van der Waals surface area contributed by atoms with Crippen LogP contribution in [0.5, 0.6) is 0 Å². The number of imide groups is 1. The van der Waals surface area contributed by atoms with Crippen LogP contribution >= 0.6 is 0 Å². The summed E-state index contributed by atoms with van der Waals surface area (Å²) in [6.45, 7) is 2.71. The Labute approximate surface area is 109 Å². The maximum atomic E-state index is 12.0. The van der Waals surface area contributed by atoms with E-state index in [1.54, 1.807) is 6.08 Å². The molecule has 0 aromatic carbocycles. The Balaban J connectivity index is 1.98. The molecule has 0 bridgehead atoms. The Morgan fingerprint density at radius 3 is 2.72 bits per heavy atom. The minimum Gasteiger partial charge on any atom is -0.275 e. The van der Waals surface area contributed by atoms with Gasteiger partial charge >= 0.3 is 0 Å². The van der Waals surface area contributed by atoms with Gasteiger partial charge in [0.15, 0.2) is 0 Å². The van der Waals surface area contributed by atoms with Gasteiger partial charge in [0.25, 0.3) is 11.8 Å². The van der Waals surface area contributed by atoms with Crippen molar-refractivity contribution >= 4 is 11.8 Å². The van der Waals surface area contributed by atoms with Crippen molar-refractivity contribution in [1.82, 2.24) is 4.90 Å². The second kappa shape index (κ2) is 5.51. The van der Waals surface area contributed by atoms with Crippen LogP contribution < -0.4 is 0 Å². The van der Waals surface area contributed by atoms with Gasteiger partial charge in [0.05, 0.1) is 0 Å². The molecule has 0 spiro atoms. The summed E-state index contributed by atoms with van der Waals surface area (Å²) in [5, 5.41) is 0. The lowest BCUT2D eigenvalue weighted by Crippen LogP contribution is -2.37. The highest BCUT2D eigenvalue weighted by Gasteiger charge is 2.25. The lowest BCUT2D eigenvalue weighted by molar-refractivity contribution is -0.139. The number of nitrogens with zero attached hydrogens (tertiary/aromatic N) is 1. The third-order valence-corrected chi connectivity index (χ3v) is 3.94. The summed E-state index contributed by atoms with van der Waals surface area (Å²) in [5.41, 5.74) is 0.141. The van der Waals surface area contributed by atoms with E-state index in [9.17, 15) is 9.59 Å². The summed E-state index contributed by atoms with van der Waals surface area (Å²) in [7, 11) is 0. The topological polar surface area (TPSA) is 37.4 Å². The van der Waals surface area contributed by atoms with Crippen molar-refractivity contribution in [2.45, 2.75) is 45.4 Å². The van der Waals surface area contributed by atoms with Crippen LogP contribution in [0, 0.1) is 5.41 Å². The van der Waals surface area contributed by atoms with Gasteiger partial charge < -0.3 is 0 Å². The van der Waals surface area contributed by atoms with Crippen molar-refractivity contribution in [1.29, 1.82) is 0 Å². The molecule has 1 saturated carbocycles. The van der Waals surface area contributed by atoms with Crippen LogP contribution in [-0.4, -0.2) is 23.3 Å². The van der Waals surface area contributed by atoms with Crippen LogP contribution in [0.25, 0.3) is 0 Å². The summed E-state index contributed by atoms with van der Waals surface area (Å²) >= 11 is 0. The van der Waals surface area contributed by atoms with Gasteiger partial charge in [0, 0.05) is 12.6 Å². The highest BCUT2D eigenvalue weighted by atomic mass is 16.2. The van der Waals surface area contributed by atoms with Crippen molar-refractivity contribution in [3.05, 3.63) is 24.3 Å². The minimum atomic E-state index is -0.190. The van der Waals surface area contributed by atoms with E-state index in [2.05, 4.69) is 6.92 Å². The van der Waals surface area contributed by atoms with E-state index in [4.69, 9.17) is 0 Å². The van der Waals surface area contributed by atoms with Gasteiger partial charge in [-0.2, -0.15) is 0 Å². The fourth-order valence-electron chi connectivity index (χ4n) is 2.70. The van der Waals surface area contributed by atoms with E-state index >= 15 is 0 Å². The molecular formula is C15H21NO2. The Kier molecular flexibility index (Phi) is 4.00. The molecule has 0 aromatic rings. The normalized spacial score (nSPS) is 23.6. The Bertz CT molecular complexity index is 389. The number of rotatable bonds is 2. The van der Waals surface area contributed by atoms with Crippen molar-refractivity contribution in [3.63, 3.8) is 0 Å². The molecule has 18 heavy (non-hydrogen) atoms. The van der Waals surface area contributed by atoms with Crippen molar-refractivity contribution < 1.29 is 9.59 Å². The average Bonchev–Trinajstić information content (AvgIpc) is 2.38. The second-order valence-corrected chi connectivity index (χ2v) is 5.57. The van der Waals surface area contributed by atoms with E-state index in [1.807, 2.05) is 12.2 Å². The molecule has 1 heterocycles. The molecule has 0 radical (unpaired) electrons. The fraction of sp³-hybridized carbons (Fsp3) is 0.600. The van der Waals surface area contributed by atoms with Crippen molar-refractivity contribution in [3.8, 4) is 0 Å². The molecule has 2 rings (SSSR count). The van der Waals surface area contributed by atoms with E-state index in [0.29, 0.717) is 6.54 Å². The second-order valence-electron chi connectivity index (χ2n) is 5.57. The Hall–Kier alpha value is -1.38. The average molecular weight is 247 g/mol. The Morgan fingerprint density at radius 1 is 1.33 bits per heavy atom. The zero-order valence-corrected chi connectivity index (χ0v) is 11.0. The Morgan fingerprint density at radius 2 is 2.06 bits per heavy atom. The molecule has 0 unspecified atom stereocenters. The summed E-state index contributed by atoms with van der Waals surface area (Å²) in [6.07, 6.45) is 13.7. The van der Waals surface area contributed by atoms with Gasteiger partial charge in [-0.15, -0.1) is 0 Å². The van der Waals surface area contributed by atoms with E-state index in [0.717, 1.165) is 19.3 Å². The van der Waals surface area contributed by atoms with E-state index in [1.165, 1.54) is 30.2 Å². The van der Waals surface area contributed by atoms with Crippen LogP contribution in [0.2, 0.25) is 0 Å². The standard InChI is InChI=1S/C15H21NO2/c1-15(9-4-2-5-10-15)11-8-14(18)16-12-6-3-7-13(16)17/h3,7-8,11H,2,4-6,9-10,12H2,1H3/b11-8+. The molecule has 2 amide bonds. The molecule has 3 nitrogen and oxygen atoms in total. The quantitative estimate of drug-likeness (QED) is 0.704. The summed E-state index contributed by atoms with van der Waals surface area (Å²) in [4.78, 5) is 24.9. The number of carbonyl (C=O) groups excluding carboxylic acids is 2. The molecule has 1 aliphatic carbocycles. The van der Waals surface area contributed by atoms with E-state index < -0.39 is 0 Å². The molecule has 0 N–H and O–H groups in total. The zero-order valence-electron chi connectivity index (χ0n) is 11.0.